The van der Waals surface area contributed by atoms with Crippen molar-refractivity contribution in [1.82, 2.24) is 4.98 Å². The summed E-state index contributed by atoms with van der Waals surface area (Å²) in [6.07, 6.45) is 2.85. The Morgan fingerprint density at radius 1 is 1.04 bits per heavy atom. The topological polar surface area (TPSA) is 86.1 Å². The third-order valence-electron chi connectivity index (χ3n) is 4.26. The van der Waals surface area contributed by atoms with Gasteiger partial charge in [-0.15, -0.1) is 0 Å². The molecule has 2 N–H and O–H groups in total. The Bertz CT molecular complexity index is 932. The number of hydrogen-bond acceptors (Lipinski definition) is 7. The summed E-state index contributed by atoms with van der Waals surface area (Å²) in [7, 11) is 3.21. The summed E-state index contributed by atoms with van der Waals surface area (Å²) in [6.45, 7) is 0. The SMILES string of the molecule is COc1ccc(C2=Nc3occc3C(N)N2c2ccc(OC)nc2)cc1. The van der Waals surface area contributed by atoms with Crippen molar-refractivity contribution in [1.29, 1.82) is 0 Å². The zero-order chi connectivity index (χ0) is 18.1. The number of fused-ring (bicyclic) bond motifs is 1. The third-order valence-corrected chi connectivity index (χ3v) is 4.26. The Morgan fingerprint density at radius 3 is 2.50 bits per heavy atom. The predicted octanol–water partition coefficient (Wildman–Crippen LogP) is 3.25. The van der Waals surface area contributed by atoms with Crippen LogP contribution in [0.1, 0.15) is 17.3 Å². The molecule has 0 aliphatic carbocycles. The number of aromatic nitrogens is 1. The summed E-state index contributed by atoms with van der Waals surface area (Å²) >= 11 is 0. The van der Waals surface area contributed by atoms with Gasteiger partial charge in [0.15, 0.2) is 0 Å². The van der Waals surface area contributed by atoms with Crippen LogP contribution in [0.5, 0.6) is 11.6 Å². The van der Waals surface area contributed by atoms with Crippen LogP contribution in [0.2, 0.25) is 0 Å². The zero-order valence-corrected chi connectivity index (χ0v) is 14.4. The molecule has 132 valence electrons. The average Bonchev–Trinajstić information content (AvgIpc) is 3.17. The van der Waals surface area contributed by atoms with E-state index in [1.54, 1.807) is 32.7 Å². The first-order valence-corrected chi connectivity index (χ1v) is 8.06. The van der Waals surface area contributed by atoms with Gasteiger partial charge < -0.3 is 24.5 Å². The number of anilines is 1. The summed E-state index contributed by atoms with van der Waals surface area (Å²) in [5, 5.41) is 0. The molecule has 2 aromatic heterocycles. The molecule has 3 heterocycles. The van der Waals surface area contributed by atoms with E-state index in [4.69, 9.17) is 19.6 Å². The lowest BCUT2D eigenvalue weighted by molar-refractivity contribution is 0.398. The van der Waals surface area contributed by atoms with Crippen LogP contribution in [0.3, 0.4) is 0 Å². The number of rotatable bonds is 4. The molecule has 0 fully saturated rings. The highest BCUT2D eigenvalue weighted by Gasteiger charge is 2.31. The Hall–Kier alpha value is -3.32. The fourth-order valence-corrected chi connectivity index (χ4v) is 2.91. The van der Waals surface area contributed by atoms with Crippen LogP contribution in [-0.4, -0.2) is 25.0 Å². The van der Waals surface area contributed by atoms with E-state index in [1.807, 2.05) is 41.3 Å². The highest BCUT2D eigenvalue weighted by Crippen LogP contribution is 2.37. The van der Waals surface area contributed by atoms with Gasteiger partial charge in [0.2, 0.25) is 11.8 Å². The van der Waals surface area contributed by atoms with E-state index in [0.717, 1.165) is 22.6 Å². The first-order chi connectivity index (χ1) is 12.7. The van der Waals surface area contributed by atoms with Gasteiger partial charge in [-0.3, -0.25) is 0 Å². The molecule has 26 heavy (non-hydrogen) atoms. The van der Waals surface area contributed by atoms with Crippen molar-refractivity contribution >= 4 is 17.4 Å². The van der Waals surface area contributed by atoms with Crippen molar-refractivity contribution in [3.63, 3.8) is 0 Å². The minimum atomic E-state index is -0.450. The van der Waals surface area contributed by atoms with E-state index < -0.39 is 6.17 Å². The third kappa shape index (κ3) is 2.68. The fourth-order valence-electron chi connectivity index (χ4n) is 2.91. The first kappa shape index (κ1) is 16.2. The van der Waals surface area contributed by atoms with Gasteiger partial charge in [0, 0.05) is 11.6 Å². The van der Waals surface area contributed by atoms with Crippen LogP contribution in [0, 0.1) is 0 Å². The van der Waals surface area contributed by atoms with Crippen molar-refractivity contribution in [2.75, 3.05) is 19.1 Å². The van der Waals surface area contributed by atoms with Gasteiger partial charge in [-0.1, -0.05) is 0 Å². The monoisotopic (exact) mass is 350 g/mol. The van der Waals surface area contributed by atoms with E-state index in [-0.39, 0.29) is 0 Å². The quantitative estimate of drug-likeness (QED) is 0.777. The number of furan rings is 1. The molecule has 1 atom stereocenters. The number of pyridine rings is 1. The summed E-state index contributed by atoms with van der Waals surface area (Å²) in [6, 6.07) is 13.1. The molecule has 7 heteroatoms. The second-order valence-corrected chi connectivity index (χ2v) is 5.72. The highest BCUT2D eigenvalue weighted by atomic mass is 16.5. The van der Waals surface area contributed by atoms with Crippen molar-refractivity contribution in [3.05, 3.63) is 66.1 Å². The van der Waals surface area contributed by atoms with Gasteiger partial charge in [0.1, 0.15) is 17.8 Å². The van der Waals surface area contributed by atoms with Crippen molar-refractivity contribution in [2.45, 2.75) is 6.17 Å². The summed E-state index contributed by atoms with van der Waals surface area (Å²) in [4.78, 5) is 10.9. The normalized spacial score (nSPS) is 16.0. The van der Waals surface area contributed by atoms with E-state index in [9.17, 15) is 0 Å². The Kier molecular flexibility index (Phi) is 4.06. The van der Waals surface area contributed by atoms with Crippen LogP contribution >= 0.6 is 0 Å². The summed E-state index contributed by atoms with van der Waals surface area (Å²) in [5.41, 5.74) is 9.03. The van der Waals surface area contributed by atoms with Crippen molar-refractivity contribution < 1.29 is 13.9 Å². The van der Waals surface area contributed by atoms with Gasteiger partial charge in [0.05, 0.1) is 37.9 Å². The maximum Gasteiger partial charge on any atom is 0.227 e. The molecule has 0 amide bonds. The molecule has 4 rings (SSSR count). The van der Waals surface area contributed by atoms with E-state index in [2.05, 4.69) is 9.98 Å². The number of ether oxygens (including phenoxy) is 2. The molecular weight excluding hydrogens is 332 g/mol. The number of aliphatic imine (C=N–C) groups is 1. The Morgan fingerprint density at radius 2 is 1.85 bits per heavy atom. The van der Waals surface area contributed by atoms with E-state index >= 15 is 0 Å². The minimum absolute atomic E-state index is 0.450. The molecule has 1 aromatic carbocycles. The van der Waals surface area contributed by atoms with Gasteiger partial charge in [-0.2, -0.15) is 4.99 Å². The van der Waals surface area contributed by atoms with Crippen LogP contribution in [0.4, 0.5) is 11.6 Å². The molecule has 1 unspecified atom stereocenters. The van der Waals surface area contributed by atoms with Gasteiger partial charge in [-0.25, -0.2) is 4.98 Å². The molecule has 0 bridgehead atoms. The first-order valence-electron chi connectivity index (χ1n) is 8.06. The minimum Gasteiger partial charge on any atom is -0.497 e. The summed E-state index contributed by atoms with van der Waals surface area (Å²) in [5.74, 6) is 2.49. The summed E-state index contributed by atoms with van der Waals surface area (Å²) < 4.78 is 15.9. The molecule has 0 spiro atoms. The lowest BCUT2D eigenvalue weighted by atomic mass is 10.1. The smallest absolute Gasteiger partial charge is 0.227 e. The number of nitrogens with zero attached hydrogens (tertiary/aromatic N) is 3. The number of hydrogen-bond donors (Lipinski definition) is 1. The largest absolute Gasteiger partial charge is 0.497 e. The number of amidine groups is 1. The van der Waals surface area contributed by atoms with E-state index in [0.29, 0.717) is 17.6 Å². The fraction of sp³-hybridized carbons (Fsp3) is 0.158. The maximum atomic E-state index is 6.52. The van der Waals surface area contributed by atoms with Gasteiger partial charge >= 0.3 is 0 Å². The standard InChI is InChI=1S/C19H18N4O3/c1-24-14-6-3-12(4-7-14)18-22-19-15(9-10-26-19)17(20)23(18)13-5-8-16(25-2)21-11-13/h3-11,17H,20H2,1-2H3. The zero-order valence-electron chi connectivity index (χ0n) is 14.4. The lowest BCUT2D eigenvalue weighted by Gasteiger charge is -2.34. The second-order valence-electron chi connectivity index (χ2n) is 5.72. The maximum absolute atomic E-state index is 6.52. The van der Waals surface area contributed by atoms with Crippen molar-refractivity contribution in [3.8, 4) is 11.6 Å². The average molecular weight is 350 g/mol. The molecule has 3 aromatic rings. The number of methoxy groups -OCH3 is 2. The van der Waals surface area contributed by atoms with Gasteiger partial charge in [-0.05, 0) is 36.4 Å². The Balaban J connectivity index is 1.82. The number of benzene rings is 1. The second kappa shape index (κ2) is 6.53. The van der Waals surface area contributed by atoms with E-state index in [1.165, 1.54) is 0 Å². The van der Waals surface area contributed by atoms with Crippen molar-refractivity contribution in [2.24, 2.45) is 10.7 Å². The molecule has 0 radical (unpaired) electrons. The number of nitrogens with two attached hydrogens (primary N) is 1. The van der Waals surface area contributed by atoms with Crippen LogP contribution in [0.25, 0.3) is 0 Å². The molecule has 1 aliphatic rings. The molecule has 7 nitrogen and oxygen atoms in total. The van der Waals surface area contributed by atoms with Gasteiger partial charge in [0.25, 0.3) is 0 Å². The van der Waals surface area contributed by atoms with Crippen LogP contribution in [0.15, 0.2) is 64.3 Å². The lowest BCUT2D eigenvalue weighted by Crippen LogP contribution is -2.42. The molecular formula is C19H18N4O3. The predicted molar refractivity (Wildman–Crippen MR) is 98.1 cm³/mol. The van der Waals surface area contributed by atoms with Crippen LogP contribution < -0.4 is 20.1 Å². The highest BCUT2D eigenvalue weighted by molar-refractivity contribution is 6.12. The van der Waals surface area contributed by atoms with Crippen LogP contribution in [-0.2, 0) is 0 Å². The molecule has 0 saturated carbocycles. The molecule has 1 aliphatic heterocycles. The Labute approximate surface area is 150 Å². The molecule has 0 saturated heterocycles.